The van der Waals surface area contributed by atoms with Crippen LogP contribution in [0.5, 0.6) is 5.75 Å². The average Bonchev–Trinajstić information content (AvgIpc) is 2.72. The molecule has 0 aliphatic heterocycles. The van der Waals surface area contributed by atoms with Gasteiger partial charge in [-0.1, -0.05) is 32.4 Å². The highest BCUT2D eigenvalue weighted by Gasteiger charge is 2.34. The average molecular weight is 495 g/mol. The van der Waals surface area contributed by atoms with E-state index >= 15 is 4.39 Å². The second-order valence-electron chi connectivity index (χ2n) is 8.44. The van der Waals surface area contributed by atoms with E-state index in [0.717, 1.165) is 30.3 Å². The lowest BCUT2D eigenvalue weighted by Crippen LogP contribution is -2.39. The maximum Gasteiger partial charge on any atom is 0.345 e. The minimum Gasteiger partial charge on any atom is -0.478 e. The van der Waals surface area contributed by atoms with E-state index in [1.54, 1.807) is 20.8 Å². The highest BCUT2D eigenvalue weighted by Crippen LogP contribution is 2.38. The number of ether oxygens (including phenoxy) is 1. The third-order valence-corrected chi connectivity index (χ3v) is 6.86. The van der Waals surface area contributed by atoms with Crippen LogP contribution in [0.25, 0.3) is 11.1 Å². The molecule has 1 N–H and O–H groups in total. The van der Waals surface area contributed by atoms with E-state index in [2.05, 4.69) is 0 Å². The Morgan fingerprint density at radius 3 is 2.09 bits per heavy atom. The van der Waals surface area contributed by atoms with Crippen molar-refractivity contribution in [1.82, 2.24) is 0 Å². The first-order chi connectivity index (χ1) is 15.3. The van der Waals surface area contributed by atoms with Crippen LogP contribution in [0.2, 0.25) is 5.02 Å². The van der Waals surface area contributed by atoms with Crippen molar-refractivity contribution in [2.75, 3.05) is 0 Å². The highest BCUT2D eigenvalue weighted by molar-refractivity contribution is 7.91. The van der Waals surface area contributed by atoms with Crippen LogP contribution in [0.15, 0.2) is 70.5 Å². The van der Waals surface area contributed by atoms with E-state index in [-0.39, 0.29) is 31.7 Å². The standard InChI is InChI=1S/C24H21ClF2O5S/c1-24(2,3)22(23(28)29)32-21-11-4-14(25)12-19(21)18-10-9-17(13-20(18)27)33(30,31)16-7-5-15(26)6-8-16/h4-13,22H,1-3H3,(H,28,29). The molecule has 174 valence electrons. The van der Waals surface area contributed by atoms with Crippen LogP contribution in [0.4, 0.5) is 8.78 Å². The molecule has 1 atom stereocenters. The quantitative estimate of drug-likeness (QED) is 0.425. The van der Waals surface area contributed by atoms with Gasteiger partial charge in [0.05, 0.1) is 9.79 Å². The molecule has 0 saturated heterocycles. The second kappa shape index (κ2) is 9.11. The third kappa shape index (κ3) is 5.34. The Hall–Kier alpha value is -2.97. The van der Waals surface area contributed by atoms with Crippen molar-refractivity contribution in [3.05, 3.63) is 77.3 Å². The molecular weight excluding hydrogens is 474 g/mol. The Morgan fingerprint density at radius 2 is 1.55 bits per heavy atom. The van der Waals surface area contributed by atoms with Crippen LogP contribution in [0.3, 0.4) is 0 Å². The first kappa shape index (κ1) is 24.7. The molecule has 0 bridgehead atoms. The molecule has 9 heteroatoms. The molecule has 0 heterocycles. The van der Waals surface area contributed by atoms with Crippen LogP contribution in [0, 0.1) is 17.0 Å². The van der Waals surface area contributed by atoms with Crippen molar-refractivity contribution >= 4 is 27.4 Å². The van der Waals surface area contributed by atoms with Crippen LogP contribution in [-0.4, -0.2) is 25.6 Å². The number of hydrogen-bond donors (Lipinski definition) is 1. The molecule has 0 spiro atoms. The number of sulfone groups is 1. The number of rotatable bonds is 6. The lowest BCUT2D eigenvalue weighted by Gasteiger charge is -2.28. The minimum atomic E-state index is -4.09. The number of carbonyl (C=O) groups is 1. The number of carboxylic acids is 1. The summed E-state index contributed by atoms with van der Waals surface area (Å²) in [5, 5.41) is 9.83. The normalized spacial score (nSPS) is 12.9. The molecule has 0 amide bonds. The fourth-order valence-corrected chi connectivity index (χ4v) is 4.62. The molecule has 0 aliphatic rings. The summed E-state index contributed by atoms with van der Waals surface area (Å²) in [7, 11) is -4.09. The van der Waals surface area contributed by atoms with Gasteiger partial charge < -0.3 is 9.84 Å². The molecule has 3 aromatic carbocycles. The van der Waals surface area contributed by atoms with Crippen LogP contribution < -0.4 is 4.74 Å². The first-order valence-electron chi connectivity index (χ1n) is 9.80. The van der Waals surface area contributed by atoms with E-state index in [4.69, 9.17) is 16.3 Å². The number of hydrogen-bond acceptors (Lipinski definition) is 4. The van der Waals surface area contributed by atoms with Crippen LogP contribution in [-0.2, 0) is 14.6 Å². The first-order valence-corrected chi connectivity index (χ1v) is 11.7. The van der Waals surface area contributed by atoms with Gasteiger partial charge in [-0.25, -0.2) is 22.0 Å². The van der Waals surface area contributed by atoms with Crippen LogP contribution in [0.1, 0.15) is 20.8 Å². The zero-order valence-electron chi connectivity index (χ0n) is 18.0. The summed E-state index contributed by atoms with van der Waals surface area (Å²) >= 11 is 6.08. The van der Waals surface area contributed by atoms with E-state index in [0.29, 0.717) is 0 Å². The van der Waals surface area contributed by atoms with Gasteiger partial charge in [0.1, 0.15) is 17.4 Å². The summed E-state index contributed by atoms with van der Waals surface area (Å²) in [6.45, 7) is 5.07. The zero-order valence-corrected chi connectivity index (χ0v) is 19.5. The van der Waals surface area contributed by atoms with E-state index in [1.807, 2.05) is 0 Å². The van der Waals surface area contributed by atoms with Crippen molar-refractivity contribution in [2.45, 2.75) is 36.7 Å². The van der Waals surface area contributed by atoms with Gasteiger partial charge in [0, 0.05) is 21.6 Å². The molecule has 3 rings (SSSR count). The summed E-state index contributed by atoms with van der Waals surface area (Å²) in [5.41, 5.74) is -0.626. The number of benzene rings is 3. The summed E-state index contributed by atoms with van der Waals surface area (Å²) in [4.78, 5) is 11.2. The van der Waals surface area contributed by atoms with Crippen molar-refractivity contribution in [3.8, 4) is 16.9 Å². The van der Waals surface area contributed by atoms with E-state index in [9.17, 15) is 22.7 Å². The van der Waals surface area contributed by atoms with Crippen molar-refractivity contribution in [2.24, 2.45) is 5.41 Å². The van der Waals surface area contributed by atoms with Gasteiger partial charge in [-0.05, 0) is 60.7 Å². The van der Waals surface area contributed by atoms with Crippen molar-refractivity contribution in [3.63, 3.8) is 0 Å². The Balaban J connectivity index is 2.07. The Bertz CT molecular complexity index is 1300. The topological polar surface area (TPSA) is 80.7 Å². The predicted molar refractivity (Wildman–Crippen MR) is 120 cm³/mol. The molecule has 5 nitrogen and oxygen atoms in total. The van der Waals surface area contributed by atoms with E-state index in [1.165, 1.54) is 30.3 Å². The SMILES string of the molecule is CC(C)(C)C(Oc1ccc(Cl)cc1-c1ccc(S(=O)(=O)c2ccc(F)cc2)cc1F)C(=O)O. The molecule has 0 aliphatic carbocycles. The number of aliphatic carboxylic acids is 1. The predicted octanol–water partition coefficient (Wildman–Crippen LogP) is 6.00. The van der Waals surface area contributed by atoms with Crippen molar-refractivity contribution < 1.29 is 31.8 Å². The van der Waals surface area contributed by atoms with Gasteiger partial charge >= 0.3 is 5.97 Å². The lowest BCUT2D eigenvalue weighted by molar-refractivity contribution is -0.150. The highest BCUT2D eigenvalue weighted by atomic mass is 35.5. The third-order valence-electron chi connectivity index (χ3n) is 4.86. The number of halogens is 3. The molecule has 0 fully saturated rings. The summed E-state index contributed by atoms with van der Waals surface area (Å²) in [5.74, 6) is -2.59. The van der Waals surface area contributed by atoms with E-state index < -0.39 is 39.0 Å². The van der Waals surface area contributed by atoms with Gasteiger partial charge in [0.2, 0.25) is 9.84 Å². The zero-order chi connectivity index (χ0) is 24.6. The summed E-state index contributed by atoms with van der Waals surface area (Å²) < 4.78 is 59.6. The van der Waals surface area contributed by atoms with Gasteiger partial charge in [-0.2, -0.15) is 0 Å². The smallest absolute Gasteiger partial charge is 0.345 e. The Morgan fingerprint density at radius 1 is 0.939 bits per heavy atom. The Labute approximate surface area is 195 Å². The molecule has 0 aromatic heterocycles. The van der Waals surface area contributed by atoms with Gasteiger partial charge in [0.25, 0.3) is 0 Å². The Kier molecular flexibility index (Phi) is 6.81. The van der Waals surface area contributed by atoms with Gasteiger partial charge in [0.15, 0.2) is 6.10 Å². The molecular formula is C24H21ClF2O5S. The maximum atomic E-state index is 15.1. The molecule has 0 radical (unpaired) electrons. The van der Waals surface area contributed by atoms with Crippen LogP contribution >= 0.6 is 11.6 Å². The number of carboxylic acid groups (broad SMARTS) is 1. The second-order valence-corrected chi connectivity index (χ2v) is 10.8. The molecule has 3 aromatic rings. The maximum absolute atomic E-state index is 15.1. The minimum absolute atomic E-state index is 0.0244. The summed E-state index contributed by atoms with van der Waals surface area (Å²) in [6, 6.07) is 11.8. The molecule has 33 heavy (non-hydrogen) atoms. The fourth-order valence-electron chi connectivity index (χ4n) is 3.17. The summed E-state index contributed by atoms with van der Waals surface area (Å²) in [6.07, 6.45) is -1.24. The monoisotopic (exact) mass is 494 g/mol. The fraction of sp³-hybridized carbons (Fsp3) is 0.208. The van der Waals surface area contributed by atoms with Crippen molar-refractivity contribution in [1.29, 1.82) is 0 Å². The lowest BCUT2D eigenvalue weighted by atomic mass is 9.89. The van der Waals surface area contributed by atoms with Gasteiger partial charge in [-0.3, -0.25) is 0 Å². The largest absolute Gasteiger partial charge is 0.478 e. The molecule has 0 saturated carbocycles. The van der Waals surface area contributed by atoms with Gasteiger partial charge in [-0.15, -0.1) is 0 Å². The molecule has 1 unspecified atom stereocenters.